The second-order valence-corrected chi connectivity index (χ2v) is 7.23. The molecule has 0 atom stereocenters. The van der Waals surface area contributed by atoms with Gasteiger partial charge in [0.1, 0.15) is 11.5 Å². The van der Waals surface area contributed by atoms with Gasteiger partial charge in [-0.15, -0.1) is 0 Å². The molecule has 144 valence electrons. The average molecular weight is 369 g/mol. The Hall–Kier alpha value is -2.77. The van der Waals surface area contributed by atoms with Crippen molar-refractivity contribution in [3.8, 4) is 0 Å². The molecule has 2 aromatic heterocycles. The first-order valence-corrected chi connectivity index (χ1v) is 9.30. The lowest BCUT2D eigenvalue weighted by Crippen LogP contribution is -2.40. The van der Waals surface area contributed by atoms with Gasteiger partial charge in [-0.3, -0.25) is 9.78 Å². The van der Waals surface area contributed by atoms with Gasteiger partial charge in [0.05, 0.1) is 6.20 Å². The van der Waals surface area contributed by atoms with E-state index in [4.69, 9.17) is 0 Å². The predicted molar refractivity (Wildman–Crippen MR) is 105 cm³/mol. The third-order valence-electron chi connectivity index (χ3n) is 4.98. The molecule has 1 fully saturated rings. The van der Waals surface area contributed by atoms with Crippen LogP contribution in [0.4, 0.5) is 11.8 Å². The number of carbonyl (C=O) groups excluding carboxylic acids is 1. The van der Waals surface area contributed by atoms with Crippen molar-refractivity contribution in [2.24, 2.45) is 0 Å². The van der Waals surface area contributed by atoms with Crippen LogP contribution in [0.2, 0.25) is 0 Å². The van der Waals surface area contributed by atoms with Gasteiger partial charge in [-0.05, 0) is 39.5 Å². The van der Waals surface area contributed by atoms with Crippen LogP contribution in [-0.4, -0.2) is 52.0 Å². The van der Waals surface area contributed by atoms with E-state index in [0.717, 1.165) is 42.8 Å². The normalized spacial score (nSPS) is 19.4. The topological polar surface area (TPSA) is 95.9 Å². The molecule has 8 nitrogen and oxygen atoms in total. The maximum absolute atomic E-state index is 12.2. The SMILES string of the molecule is Cc1nc(NC2CCC(NC(=O)c3cnccn3)CC2)nc(N(C)C)c1C. The highest BCUT2D eigenvalue weighted by Gasteiger charge is 2.24. The summed E-state index contributed by atoms with van der Waals surface area (Å²) in [5.41, 5.74) is 2.44. The maximum atomic E-state index is 12.2. The van der Waals surface area contributed by atoms with Gasteiger partial charge in [-0.25, -0.2) is 9.97 Å². The number of nitrogens with zero attached hydrogens (tertiary/aromatic N) is 5. The van der Waals surface area contributed by atoms with E-state index in [9.17, 15) is 4.79 Å². The molecule has 0 aliphatic heterocycles. The van der Waals surface area contributed by atoms with Crippen LogP contribution in [0.15, 0.2) is 18.6 Å². The number of carbonyl (C=O) groups is 1. The first-order valence-electron chi connectivity index (χ1n) is 9.30. The van der Waals surface area contributed by atoms with E-state index in [1.807, 2.05) is 32.8 Å². The smallest absolute Gasteiger partial charge is 0.271 e. The minimum Gasteiger partial charge on any atom is -0.362 e. The van der Waals surface area contributed by atoms with Gasteiger partial charge in [0, 0.05) is 49.8 Å². The van der Waals surface area contributed by atoms with E-state index in [1.165, 1.54) is 12.4 Å². The van der Waals surface area contributed by atoms with Crippen LogP contribution in [0.3, 0.4) is 0 Å². The predicted octanol–water partition coefficient (Wildman–Crippen LogP) is 2.10. The van der Waals surface area contributed by atoms with Crippen molar-refractivity contribution in [3.05, 3.63) is 35.5 Å². The molecule has 0 bridgehead atoms. The molecule has 0 aromatic carbocycles. The number of hydrogen-bond donors (Lipinski definition) is 2. The highest BCUT2D eigenvalue weighted by Crippen LogP contribution is 2.24. The Morgan fingerprint density at radius 3 is 2.41 bits per heavy atom. The van der Waals surface area contributed by atoms with Crippen LogP contribution < -0.4 is 15.5 Å². The quantitative estimate of drug-likeness (QED) is 0.833. The highest BCUT2D eigenvalue weighted by molar-refractivity contribution is 5.92. The van der Waals surface area contributed by atoms with E-state index in [0.29, 0.717) is 17.7 Å². The molecular weight excluding hydrogens is 342 g/mol. The van der Waals surface area contributed by atoms with Crippen LogP contribution in [0, 0.1) is 13.8 Å². The lowest BCUT2D eigenvalue weighted by Gasteiger charge is -2.30. The van der Waals surface area contributed by atoms with Gasteiger partial charge in [0.15, 0.2) is 0 Å². The summed E-state index contributed by atoms with van der Waals surface area (Å²) in [7, 11) is 3.98. The van der Waals surface area contributed by atoms with Crippen molar-refractivity contribution in [3.63, 3.8) is 0 Å². The van der Waals surface area contributed by atoms with Crippen LogP contribution in [0.25, 0.3) is 0 Å². The van der Waals surface area contributed by atoms with E-state index in [-0.39, 0.29) is 11.9 Å². The van der Waals surface area contributed by atoms with E-state index in [1.54, 1.807) is 6.20 Å². The van der Waals surface area contributed by atoms with Crippen LogP contribution >= 0.6 is 0 Å². The molecule has 3 rings (SSSR count). The fraction of sp³-hybridized carbons (Fsp3) is 0.526. The van der Waals surface area contributed by atoms with Crippen molar-refractivity contribution < 1.29 is 4.79 Å². The summed E-state index contributed by atoms with van der Waals surface area (Å²) in [5, 5.41) is 6.52. The second-order valence-electron chi connectivity index (χ2n) is 7.23. The summed E-state index contributed by atoms with van der Waals surface area (Å²) in [6.45, 7) is 4.05. The van der Waals surface area contributed by atoms with E-state index < -0.39 is 0 Å². The number of nitrogens with one attached hydrogen (secondary N) is 2. The summed E-state index contributed by atoms with van der Waals surface area (Å²) < 4.78 is 0. The first-order chi connectivity index (χ1) is 12.9. The second kappa shape index (κ2) is 8.28. The molecule has 2 aromatic rings. The Morgan fingerprint density at radius 1 is 1.07 bits per heavy atom. The average Bonchev–Trinajstić information content (AvgIpc) is 2.66. The number of rotatable bonds is 5. The number of anilines is 2. The van der Waals surface area contributed by atoms with Gasteiger partial charge in [0.2, 0.25) is 5.95 Å². The highest BCUT2D eigenvalue weighted by atomic mass is 16.1. The number of aromatic nitrogens is 4. The number of amides is 1. The van der Waals surface area contributed by atoms with Crippen molar-refractivity contribution in [2.45, 2.75) is 51.6 Å². The van der Waals surface area contributed by atoms with Gasteiger partial charge >= 0.3 is 0 Å². The fourth-order valence-corrected chi connectivity index (χ4v) is 3.35. The Labute approximate surface area is 159 Å². The van der Waals surface area contributed by atoms with E-state index in [2.05, 4.69) is 30.6 Å². The minimum absolute atomic E-state index is 0.160. The summed E-state index contributed by atoms with van der Waals surface area (Å²) in [6, 6.07) is 0.474. The third-order valence-corrected chi connectivity index (χ3v) is 4.98. The van der Waals surface area contributed by atoms with Crippen LogP contribution in [-0.2, 0) is 0 Å². The van der Waals surface area contributed by atoms with Crippen molar-refractivity contribution >= 4 is 17.7 Å². The zero-order chi connectivity index (χ0) is 19.4. The Balaban J connectivity index is 1.55. The Morgan fingerprint density at radius 2 is 1.78 bits per heavy atom. The van der Waals surface area contributed by atoms with Crippen molar-refractivity contribution in [2.75, 3.05) is 24.3 Å². The monoisotopic (exact) mass is 369 g/mol. The molecule has 1 aliphatic carbocycles. The molecule has 1 saturated carbocycles. The summed E-state index contributed by atoms with van der Waals surface area (Å²) in [5.74, 6) is 1.45. The maximum Gasteiger partial charge on any atom is 0.271 e. The van der Waals surface area contributed by atoms with Gasteiger partial charge in [0.25, 0.3) is 5.91 Å². The summed E-state index contributed by atoms with van der Waals surface area (Å²) in [4.78, 5) is 31.4. The Kier molecular flexibility index (Phi) is 5.83. The molecule has 0 radical (unpaired) electrons. The zero-order valence-electron chi connectivity index (χ0n) is 16.4. The largest absolute Gasteiger partial charge is 0.362 e. The van der Waals surface area contributed by atoms with Crippen molar-refractivity contribution in [1.29, 1.82) is 0 Å². The molecule has 2 N–H and O–H groups in total. The molecule has 1 aliphatic rings. The van der Waals surface area contributed by atoms with Gasteiger partial charge in [-0.1, -0.05) is 0 Å². The van der Waals surface area contributed by atoms with E-state index >= 15 is 0 Å². The molecule has 0 spiro atoms. The number of hydrogen-bond acceptors (Lipinski definition) is 7. The lowest BCUT2D eigenvalue weighted by molar-refractivity contribution is 0.0921. The first kappa shape index (κ1) is 19.0. The molecule has 0 saturated heterocycles. The summed E-state index contributed by atoms with van der Waals surface area (Å²) >= 11 is 0. The van der Waals surface area contributed by atoms with Crippen LogP contribution in [0.1, 0.15) is 47.4 Å². The van der Waals surface area contributed by atoms with Crippen LogP contribution in [0.5, 0.6) is 0 Å². The standard InChI is InChI=1S/C19H27N7O/c1-12-13(2)22-19(25-17(12)26(3)4)24-15-7-5-14(6-8-15)23-18(27)16-11-20-9-10-21-16/h9-11,14-15H,5-8H2,1-4H3,(H,23,27)(H,22,24,25). The zero-order valence-corrected chi connectivity index (χ0v) is 16.4. The molecule has 0 unspecified atom stereocenters. The fourth-order valence-electron chi connectivity index (χ4n) is 3.35. The van der Waals surface area contributed by atoms with Gasteiger partial charge < -0.3 is 15.5 Å². The Bertz CT molecular complexity index is 786. The minimum atomic E-state index is -0.160. The van der Waals surface area contributed by atoms with Gasteiger partial charge in [-0.2, -0.15) is 4.98 Å². The summed E-state index contributed by atoms with van der Waals surface area (Å²) in [6.07, 6.45) is 8.32. The molecule has 1 amide bonds. The molecular formula is C19H27N7O. The molecule has 2 heterocycles. The van der Waals surface area contributed by atoms with Crippen molar-refractivity contribution in [1.82, 2.24) is 25.3 Å². The number of aryl methyl sites for hydroxylation is 1. The third kappa shape index (κ3) is 4.69. The lowest BCUT2D eigenvalue weighted by atomic mass is 9.91. The molecule has 8 heteroatoms. The molecule has 27 heavy (non-hydrogen) atoms.